The van der Waals surface area contributed by atoms with Gasteiger partial charge in [0, 0.05) is 28.9 Å². The number of sulfonamides is 1. The number of fused-ring (bicyclic) bond motifs is 2. The van der Waals surface area contributed by atoms with Crippen LogP contribution in [-0.2, 0) is 10.0 Å². The summed E-state index contributed by atoms with van der Waals surface area (Å²) in [5, 5.41) is 20.7. The Labute approximate surface area is 159 Å². The van der Waals surface area contributed by atoms with Gasteiger partial charge in [-0.2, -0.15) is 9.78 Å². The maximum Gasteiger partial charge on any atom is 0.345 e. The predicted octanol–water partition coefficient (Wildman–Crippen LogP) is 1.37. The van der Waals surface area contributed by atoms with Gasteiger partial charge < -0.3 is 10.2 Å². The number of benzene rings is 1. The molecule has 13 heteroatoms. The summed E-state index contributed by atoms with van der Waals surface area (Å²) in [5.74, 6) is 0. The number of thiocyanates is 1. The SMILES string of the molecule is N#CSc1c(-c2cc3ccc(N)cc3oc2=O)nc2sc(S(N)(=O)=O)nn12. The van der Waals surface area contributed by atoms with Crippen molar-refractivity contribution in [1.29, 1.82) is 5.26 Å². The fraction of sp³-hybridized carbons (Fsp3) is 0. The number of nitrogen functional groups attached to an aromatic ring is 1. The Kier molecular flexibility index (Phi) is 3.93. The summed E-state index contributed by atoms with van der Waals surface area (Å²) in [7, 11) is -4.02. The molecule has 0 amide bonds. The molecule has 3 aromatic heterocycles. The van der Waals surface area contributed by atoms with E-state index in [9.17, 15) is 13.2 Å². The highest BCUT2D eigenvalue weighted by Crippen LogP contribution is 2.33. The molecule has 1 aromatic carbocycles. The number of anilines is 1. The number of hydrogen-bond donors (Lipinski definition) is 2. The Morgan fingerprint density at radius 3 is 2.81 bits per heavy atom. The topological polar surface area (TPSA) is 170 Å². The van der Waals surface area contributed by atoms with E-state index in [0.717, 1.165) is 11.3 Å². The van der Waals surface area contributed by atoms with Crippen molar-refractivity contribution in [3.63, 3.8) is 0 Å². The van der Waals surface area contributed by atoms with Crippen LogP contribution < -0.4 is 16.5 Å². The minimum Gasteiger partial charge on any atom is -0.422 e. The fourth-order valence-electron chi connectivity index (χ4n) is 2.43. The third kappa shape index (κ3) is 2.94. The Hall–Kier alpha value is -2.92. The molecule has 0 unspecified atom stereocenters. The monoisotopic (exact) mass is 420 g/mol. The zero-order valence-corrected chi connectivity index (χ0v) is 15.6. The van der Waals surface area contributed by atoms with Crippen LogP contribution >= 0.6 is 23.1 Å². The molecule has 10 nitrogen and oxygen atoms in total. The van der Waals surface area contributed by atoms with Crippen LogP contribution in [0.15, 0.2) is 42.8 Å². The van der Waals surface area contributed by atoms with Crippen LogP contribution in [0, 0.1) is 10.7 Å². The molecule has 4 rings (SSSR count). The van der Waals surface area contributed by atoms with Crippen molar-refractivity contribution in [2.75, 3.05) is 5.73 Å². The van der Waals surface area contributed by atoms with Crippen LogP contribution in [0.25, 0.3) is 27.2 Å². The second-order valence-corrected chi connectivity index (χ2v) is 8.78. The number of rotatable bonds is 3. The van der Waals surface area contributed by atoms with Gasteiger partial charge in [-0.05, 0) is 18.2 Å². The van der Waals surface area contributed by atoms with Gasteiger partial charge in [-0.15, -0.1) is 5.10 Å². The van der Waals surface area contributed by atoms with Gasteiger partial charge in [0.1, 0.15) is 21.7 Å². The minimum atomic E-state index is -4.02. The fourth-order valence-corrected chi connectivity index (χ4v) is 4.56. The van der Waals surface area contributed by atoms with E-state index in [1.165, 1.54) is 10.6 Å². The maximum atomic E-state index is 12.4. The highest BCUT2D eigenvalue weighted by molar-refractivity contribution is 8.03. The Morgan fingerprint density at radius 1 is 1.33 bits per heavy atom. The van der Waals surface area contributed by atoms with Crippen molar-refractivity contribution in [2.24, 2.45) is 5.14 Å². The van der Waals surface area contributed by atoms with E-state index in [1.807, 2.05) is 5.40 Å². The molecule has 0 bridgehead atoms. The summed E-state index contributed by atoms with van der Waals surface area (Å²) in [6.45, 7) is 0. The van der Waals surface area contributed by atoms with Gasteiger partial charge in [0.25, 0.3) is 10.0 Å². The van der Waals surface area contributed by atoms with Gasteiger partial charge in [0.05, 0.1) is 5.56 Å². The molecule has 0 aliphatic rings. The first-order valence-corrected chi connectivity index (χ1v) is 10.3. The second kappa shape index (κ2) is 6.06. The molecule has 136 valence electrons. The molecule has 0 spiro atoms. The zero-order valence-electron chi connectivity index (χ0n) is 13.1. The summed E-state index contributed by atoms with van der Waals surface area (Å²) < 4.78 is 29.1. The molecule has 27 heavy (non-hydrogen) atoms. The zero-order chi connectivity index (χ0) is 19.3. The van der Waals surface area contributed by atoms with E-state index in [2.05, 4.69) is 10.1 Å². The number of hydrogen-bond acceptors (Lipinski definition) is 10. The molecule has 0 aliphatic heterocycles. The van der Waals surface area contributed by atoms with Crippen LogP contribution in [0.3, 0.4) is 0 Å². The van der Waals surface area contributed by atoms with Crippen molar-refractivity contribution >= 4 is 54.7 Å². The minimum absolute atomic E-state index is 0.111. The van der Waals surface area contributed by atoms with E-state index in [1.54, 1.807) is 18.2 Å². The summed E-state index contributed by atoms with van der Waals surface area (Å²) in [5.41, 5.74) is 6.05. The molecule has 3 heterocycles. The third-order valence-electron chi connectivity index (χ3n) is 3.54. The smallest absolute Gasteiger partial charge is 0.345 e. The lowest BCUT2D eigenvalue weighted by Gasteiger charge is -2.02. The lowest BCUT2D eigenvalue weighted by Crippen LogP contribution is -2.12. The molecule has 4 N–H and O–H groups in total. The van der Waals surface area contributed by atoms with Crippen LogP contribution in [-0.4, -0.2) is 23.0 Å². The molecule has 0 saturated carbocycles. The van der Waals surface area contributed by atoms with Crippen molar-refractivity contribution in [3.05, 3.63) is 34.7 Å². The summed E-state index contributed by atoms with van der Waals surface area (Å²) >= 11 is 1.41. The molecule has 0 fully saturated rings. The quantitative estimate of drug-likeness (QED) is 0.215. The largest absolute Gasteiger partial charge is 0.422 e. The van der Waals surface area contributed by atoms with E-state index < -0.39 is 15.6 Å². The van der Waals surface area contributed by atoms with Gasteiger partial charge in [0.2, 0.25) is 9.30 Å². The average Bonchev–Trinajstić information content (AvgIpc) is 3.14. The normalized spacial score (nSPS) is 11.9. The highest BCUT2D eigenvalue weighted by atomic mass is 32.2. The second-order valence-electron chi connectivity index (χ2n) is 5.31. The summed E-state index contributed by atoms with van der Waals surface area (Å²) in [6, 6.07) is 6.43. The summed E-state index contributed by atoms with van der Waals surface area (Å²) in [6.07, 6.45) is 0. The Bertz CT molecular complexity index is 1430. The van der Waals surface area contributed by atoms with Crippen molar-refractivity contribution in [2.45, 2.75) is 9.37 Å². The highest BCUT2D eigenvalue weighted by Gasteiger charge is 2.24. The number of aromatic nitrogens is 3. The van der Waals surface area contributed by atoms with Crippen molar-refractivity contribution in [3.8, 4) is 16.7 Å². The first kappa shape index (κ1) is 17.5. The molecule has 4 aromatic rings. The number of primary sulfonamides is 1. The number of thioether (sulfide) groups is 1. The van der Waals surface area contributed by atoms with E-state index in [0.29, 0.717) is 28.4 Å². The van der Waals surface area contributed by atoms with Crippen LogP contribution in [0.5, 0.6) is 0 Å². The first-order valence-electron chi connectivity index (χ1n) is 7.10. The average molecular weight is 420 g/mol. The number of nitrogens with two attached hydrogens (primary N) is 2. The first-order chi connectivity index (χ1) is 12.8. The van der Waals surface area contributed by atoms with E-state index >= 15 is 0 Å². The van der Waals surface area contributed by atoms with Crippen molar-refractivity contribution in [1.82, 2.24) is 14.6 Å². The molecule has 0 radical (unpaired) electrons. The molecule has 0 aliphatic carbocycles. The lowest BCUT2D eigenvalue weighted by molar-refractivity contribution is 0.563. The predicted molar refractivity (Wildman–Crippen MR) is 99.6 cm³/mol. The van der Waals surface area contributed by atoms with Crippen molar-refractivity contribution < 1.29 is 12.8 Å². The van der Waals surface area contributed by atoms with Gasteiger partial charge in [-0.3, -0.25) is 0 Å². The van der Waals surface area contributed by atoms with E-state index in [4.69, 9.17) is 20.6 Å². The van der Waals surface area contributed by atoms with Crippen LogP contribution in [0.4, 0.5) is 5.69 Å². The third-order valence-corrected chi connectivity index (χ3v) is 6.41. The van der Waals surface area contributed by atoms with Gasteiger partial charge >= 0.3 is 5.63 Å². The van der Waals surface area contributed by atoms with Gasteiger partial charge in [-0.1, -0.05) is 11.3 Å². The van der Waals surface area contributed by atoms with Crippen LogP contribution in [0.2, 0.25) is 0 Å². The molecule has 0 saturated heterocycles. The number of nitrogens with zero attached hydrogens (tertiary/aromatic N) is 4. The standard InChI is InChI=1S/C14H8N6O4S3/c15-5-25-11-10(18-13-20(11)19-14(26-13)27(17,22)23)8-3-6-1-2-7(16)4-9(6)24-12(8)21/h1-4H,16H2,(H2,17,22,23). The lowest BCUT2D eigenvalue weighted by atomic mass is 10.1. The van der Waals surface area contributed by atoms with E-state index in [-0.39, 0.29) is 25.6 Å². The Morgan fingerprint density at radius 2 is 2.11 bits per heavy atom. The number of nitriles is 1. The maximum absolute atomic E-state index is 12.4. The Balaban J connectivity index is 2.00. The van der Waals surface area contributed by atoms with Gasteiger partial charge in [-0.25, -0.2) is 23.3 Å². The number of imidazole rings is 1. The molecular weight excluding hydrogens is 412 g/mol. The molecular formula is C14H8N6O4S3. The summed E-state index contributed by atoms with van der Waals surface area (Å²) in [4.78, 5) is 16.9. The van der Waals surface area contributed by atoms with Crippen LogP contribution in [0.1, 0.15) is 0 Å². The van der Waals surface area contributed by atoms with Gasteiger partial charge in [0.15, 0.2) is 0 Å². The molecule has 0 atom stereocenters.